The maximum absolute atomic E-state index is 13.6. The Morgan fingerprint density at radius 3 is 3.00 bits per heavy atom. The van der Waals surface area contributed by atoms with Crippen molar-refractivity contribution >= 4 is 11.6 Å². The van der Waals surface area contributed by atoms with Gasteiger partial charge in [0.25, 0.3) is 5.91 Å². The number of hydrogen-bond donors (Lipinski definition) is 2. The van der Waals surface area contributed by atoms with Crippen LogP contribution in [0.15, 0.2) is 30.6 Å². The molecule has 0 fully saturated rings. The van der Waals surface area contributed by atoms with Crippen LogP contribution in [-0.4, -0.2) is 16.1 Å². The summed E-state index contributed by atoms with van der Waals surface area (Å²) in [6.07, 6.45) is 2.97. The molecule has 2 N–H and O–H groups in total. The number of aromatic amines is 1. The van der Waals surface area contributed by atoms with E-state index in [1.54, 1.807) is 19.1 Å². The van der Waals surface area contributed by atoms with Crippen LogP contribution in [0, 0.1) is 12.7 Å². The van der Waals surface area contributed by atoms with E-state index in [4.69, 9.17) is 0 Å². The number of carbonyl (C=O) groups excluding carboxylic acids is 1. The topological polar surface area (TPSA) is 57.8 Å². The molecule has 0 radical (unpaired) electrons. The normalized spacial score (nSPS) is 10.1. The summed E-state index contributed by atoms with van der Waals surface area (Å²) in [5.74, 6) is -0.980. The third kappa shape index (κ3) is 1.93. The van der Waals surface area contributed by atoms with Gasteiger partial charge in [0.1, 0.15) is 5.82 Å². The van der Waals surface area contributed by atoms with Crippen LogP contribution in [0.3, 0.4) is 0 Å². The van der Waals surface area contributed by atoms with Gasteiger partial charge in [-0.3, -0.25) is 9.89 Å². The number of halogens is 1. The third-order valence-electron chi connectivity index (χ3n) is 2.19. The number of amides is 1. The lowest BCUT2D eigenvalue weighted by Crippen LogP contribution is -2.13. The first-order valence-electron chi connectivity index (χ1n) is 4.73. The highest BCUT2D eigenvalue weighted by molar-refractivity contribution is 6.04. The number of carbonyl (C=O) groups is 1. The highest BCUT2D eigenvalue weighted by Crippen LogP contribution is 2.13. The van der Waals surface area contributed by atoms with Crippen molar-refractivity contribution in [2.24, 2.45) is 0 Å². The minimum atomic E-state index is -0.497. The summed E-state index contributed by atoms with van der Waals surface area (Å²) in [5, 5.41) is 8.76. The summed E-state index contributed by atoms with van der Waals surface area (Å²) in [5.41, 5.74) is 0.979. The van der Waals surface area contributed by atoms with Crippen molar-refractivity contribution < 1.29 is 9.18 Å². The van der Waals surface area contributed by atoms with Gasteiger partial charge in [0, 0.05) is 6.20 Å². The summed E-state index contributed by atoms with van der Waals surface area (Å²) < 4.78 is 13.6. The number of rotatable bonds is 2. The minimum absolute atomic E-state index is 0.0289. The van der Waals surface area contributed by atoms with E-state index in [1.165, 1.54) is 18.5 Å². The number of aryl methyl sites for hydroxylation is 1. The lowest BCUT2D eigenvalue weighted by molar-refractivity contribution is 0.102. The Morgan fingerprint density at radius 1 is 1.50 bits per heavy atom. The zero-order valence-corrected chi connectivity index (χ0v) is 8.62. The van der Waals surface area contributed by atoms with Gasteiger partial charge in [-0.1, -0.05) is 12.1 Å². The number of benzene rings is 1. The van der Waals surface area contributed by atoms with Crippen molar-refractivity contribution in [2.75, 3.05) is 5.32 Å². The number of hydrogen-bond acceptors (Lipinski definition) is 2. The number of nitrogens with zero attached hydrogens (tertiary/aromatic N) is 1. The fraction of sp³-hybridized carbons (Fsp3) is 0.0909. The first-order valence-corrected chi connectivity index (χ1v) is 4.73. The molecule has 1 amide bonds. The molecule has 4 nitrogen and oxygen atoms in total. The van der Waals surface area contributed by atoms with Gasteiger partial charge in [-0.05, 0) is 18.6 Å². The quantitative estimate of drug-likeness (QED) is 0.812. The number of nitrogens with one attached hydrogen (secondary N) is 2. The Hall–Kier alpha value is -2.17. The van der Waals surface area contributed by atoms with Gasteiger partial charge in [-0.25, -0.2) is 4.39 Å². The Morgan fingerprint density at radius 2 is 2.31 bits per heavy atom. The second-order valence-corrected chi connectivity index (χ2v) is 3.38. The van der Waals surface area contributed by atoms with Crippen molar-refractivity contribution in [3.8, 4) is 0 Å². The zero-order valence-electron chi connectivity index (χ0n) is 8.62. The van der Waals surface area contributed by atoms with E-state index in [9.17, 15) is 9.18 Å². The van der Waals surface area contributed by atoms with Crippen LogP contribution in [0.4, 0.5) is 10.1 Å². The largest absolute Gasteiger partial charge is 0.319 e. The Bertz CT molecular complexity index is 508. The van der Waals surface area contributed by atoms with Gasteiger partial charge in [0.2, 0.25) is 0 Å². The molecule has 5 heteroatoms. The third-order valence-corrected chi connectivity index (χ3v) is 2.19. The highest BCUT2D eigenvalue weighted by atomic mass is 19.1. The number of anilines is 1. The van der Waals surface area contributed by atoms with E-state index < -0.39 is 11.7 Å². The van der Waals surface area contributed by atoms with Crippen LogP contribution in [0.25, 0.3) is 0 Å². The van der Waals surface area contributed by atoms with Crippen LogP contribution < -0.4 is 5.32 Å². The van der Waals surface area contributed by atoms with E-state index in [-0.39, 0.29) is 5.56 Å². The molecule has 1 heterocycles. The average Bonchev–Trinajstić information content (AvgIpc) is 2.74. The van der Waals surface area contributed by atoms with Crippen LogP contribution in [0.2, 0.25) is 0 Å². The van der Waals surface area contributed by atoms with Gasteiger partial charge >= 0.3 is 0 Å². The Kier molecular flexibility index (Phi) is 2.68. The molecule has 1 aromatic carbocycles. The predicted molar refractivity (Wildman–Crippen MR) is 57.7 cm³/mol. The van der Waals surface area contributed by atoms with Crippen LogP contribution in [0.5, 0.6) is 0 Å². The molecule has 0 bridgehead atoms. The second-order valence-electron chi connectivity index (χ2n) is 3.38. The van der Waals surface area contributed by atoms with Crippen molar-refractivity contribution in [1.82, 2.24) is 10.2 Å². The van der Waals surface area contributed by atoms with Crippen molar-refractivity contribution in [1.29, 1.82) is 0 Å². The summed E-state index contributed by atoms with van der Waals surface area (Å²) >= 11 is 0. The molecule has 1 aromatic heterocycles. The lowest BCUT2D eigenvalue weighted by atomic mass is 10.1. The minimum Gasteiger partial charge on any atom is -0.319 e. The fourth-order valence-electron chi connectivity index (χ4n) is 1.34. The SMILES string of the molecule is Cc1cccc(C(=O)Nc2cn[nH]c2)c1F. The molecule has 0 spiro atoms. The van der Waals surface area contributed by atoms with Crippen molar-refractivity contribution in [3.63, 3.8) is 0 Å². The molecule has 0 atom stereocenters. The summed E-state index contributed by atoms with van der Waals surface area (Å²) in [6.45, 7) is 1.62. The molecule has 82 valence electrons. The second kappa shape index (κ2) is 4.14. The Balaban J connectivity index is 2.24. The molecule has 2 rings (SSSR count). The smallest absolute Gasteiger partial charge is 0.258 e. The van der Waals surface area contributed by atoms with E-state index in [0.717, 1.165) is 0 Å². The zero-order chi connectivity index (χ0) is 11.5. The van der Waals surface area contributed by atoms with Crippen LogP contribution >= 0.6 is 0 Å². The first kappa shape index (κ1) is 10.4. The van der Waals surface area contributed by atoms with Crippen molar-refractivity contribution in [3.05, 3.63) is 47.5 Å². The molecule has 0 aliphatic carbocycles. The first-order chi connectivity index (χ1) is 7.68. The predicted octanol–water partition coefficient (Wildman–Crippen LogP) is 2.11. The summed E-state index contributed by atoms with van der Waals surface area (Å²) in [6, 6.07) is 4.70. The van der Waals surface area contributed by atoms with Crippen LogP contribution in [-0.2, 0) is 0 Å². The fourth-order valence-corrected chi connectivity index (χ4v) is 1.34. The van der Waals surface area contributed by atoms with E-state index in [1.807, 2.05) is 0 Å². The summed E-state index contributed by atoms with van der Waals surface area (Å²) in [4.78, 5) is 11.7. The van der Waals surface area contributed by atoms with E-state index >= 15 is 0 Å². The molecule has 16 heavy (non-hydrogen) atoms. The van der Waals surface area contributed by atoms with Gasteiger partial charge in [-0.15, -0.1) is 0 Å². The van der Waals surface area contributed by atoms with E-state index in [2.05, 4.69) is 15.5 Å². The van der Waals surface area contributed by atoms with Gasteiger partial charge in [0.05, 0.1) is 17.4 Å². The van der Waals surface area contributed by atoms with E-state index in [0.29, 0.717) is 11.3 Å². The molecular weight excluding hydrogens is 209 g/mol. The van der Waals surface area contributed by atoms with Gasteiger partial charge in [0.15, 0.2) is 0 Å². The lowest BCUT2D eigenvalue weighted by Gasteiger charge is -2.05. The molecule has 2 aromatic rings. The average molecular weight is 219 g/mol. The molecule has 0 aliphatic rings. The molecule has 0 unspecified atom stereocenters. The highest BCUT2D eigenvalue weighted by Gasteiger charge is 2.13. The molecule has 0 saturated carbocycles. The Labute approximate surface area is 91.5 Å². The maximum atomic E-state index is 13.6. The van der Waals surface area contributed by atoms with Crippen molar-refractivity contribution in [2.45, 2.75) is 6.92 Å². The monoisotopic (exact) mass is 219 g/mol. The number of H-pyrrole nitrogens is 1. The number of aromatic nitrogens is 2. The van der Waals surface area contributed by atoms with Crippen LogP contribution in [0.1, 0.15) is 15.9 Å². The molecule has 0 saturated heterocycles. The molecular formula is C11H10FN3O. The standard InChI is InChI=1S/C11H10FN3O/c1-7-3-2-4-9(10(7)12)11(16)15-8-5-13-14-6-8/h2-6H,1H3,(H,13,14)(H,15,16). The molecule has 0 aliphatic heterocycles. The maximum Gasteiger partial charge on any atom is 0.258 e. The van der Waals surface area contributed by atoms with Gasteiger partial charge in [-0.2, -0.15) is 5.10 Å². The summed E-state index contributed by atoms with van der Waals surface area (Å²) in [7, 11) is 0. The van der Waals surface area contributed by atoms with Gasteiger partial charge < -0.3 is 5.32 Å².